The number of nitro benzene ring substituents is 1. The first-order chi connectivity index (χ1) is 12.5. The Morgan fingerprint density at radius 2 is 2.00 bits per heavy atom. The van der Waals surface area contributed by atoms with Gasteiger partial charge in [0.15, 0.2) is 0 Å². The van der Waals surface area contributed by atoms with Gasteiger partial charge in [0.25, 0.3) is 11.6 Å². The lowest BCUT2D eigenvalue weighted by atomic mass is 9.85. The fourth-order valence-corrected chi connectivity index (χ4v) is 2.99. The lowest BCUT2D eigenvalue weighted by molar-refractivity contribution is -0.385. The number of carbonyl (C=O) groups is 2. The van der Waals surface area contributed by atoms with Gasteiger partial charge in [0.1, 0.15) is 5.56 Å². The summed E-state index contributed by atoms with van der Waals surface area (Å²) >= 11 is 0. The molecule has 1 fully saturated rings. The molecule has 0 aliphatic heterocycles. The fraction of sp³-hybridized carbons (Fsp3) is 0.500. The lowest BCUT2D eigenvalue weighted by Crippen LogP contribution is -2.54. The Kier molecular flexibility index (Phi) is 6.04. The molecule has 27 heavy (non-hydrogen) atoms. The average molecular weight is 389 g/mol. The molecular weight excluding hydrogens is 371 g/mol. The second-order valence-electron chi connectivity index (χ2n) is 6.24. The largest absolute Gasteiger partial charge is 0.480 e. The second-order valence-corrected chi connectivity index (χ2v) is 6.24. The van der Waals surface area contributed by atoms with Crippen molar-refractivity contribution in [3.63, 3.8) is 0 Å². The molecule has 0 aromatic heterocycles. The standard InChI is InChI=1S/C16H18F3N3O5/c1-2-21(8-14(23)24)11-6-10(7-11)20-15(25)12-4-3-9(16(17,18)19)5-13(12)22(26)27/h3-5,10-11H,2,6-8H2,1H3,(H,20,25)(H,23,24). The minimum Gasteiger partial charge on any atom is -0.480 e. The van der Waals surface area contributed by atoms with E-state index in [1.165, 1.54) is 0 Å². The molecular formula is C16H18F3N3O5. The average Bonchev–Trinajstić information content (AvgIpc) is 2.54. The molecule has 0 unspecified atom stereocenters. The topological polar surface area (TPSA) is 113 Å². The molecule has 1 aliphatic rings. The van der Waals surface area contributed by atoms with Gasteiger partial charge >= 0.3 is 12.1 Å². The van der Waals surface area contributed by atoms with Gasteiger partial charge in [-0.25, -0.2) is 0 Å². The highest BCUT2D eigenvalue weighted by Crippen LogP contribution is 2.33. The number of benzene rings is 1. The molecule has 0 bridgehead atoms. The number of nitrogens with zero attached hydrogens (tertiary/aromatic N) is 2. The first-order valence-electron chi connectivity index (χ1n) is 8.15. The highest BCUT2D eigenvalue weighted by Gasteiger charge is 2.37. The highest BCUT2D eigenvalue weighted by molar-refractivity contribution is 5.98. The normalized spacial score (nSPS) is 19.4. The fourth-order valence-electron chi connectivity index (χ4n) is 2.99. The van der Waals surface area contributed by atoms with Gasteiger partial charge in [-0.3, -0.25) is 24.6 Å². The van der Waals surface area contributed by atoms with Gasteiger partial charge in [-0.1, -0.05) is 6.92 Å². The molecule has 1 saturated carbocycles. The van der Waals surface area contributed by atoms with Crippen LogP contribution in [0, 0.1) is 10.1 Å². The molecule has 0 atom stereocenters. The number of carboxylic acid groups (broad SMARTS) is 1. The number of amides is 1. The number of carboxylic acids is 1. The van der Waals surface area contributed by atoms with E-state index in [9.17, 15) is 32.9 Å². The minimum absolute atomic E-state index is 0.0426. The van der Waals surface area contributed by atoms with Crippen LogP contribution in [0.25, 0.3) is 0 Å². The zero-order valence-electron chi connectivity index (χ0n) is 14.3. The predicted molar refractivity (Wildman–Crippen MR) is 87.3 cm³/mol. The van der Waals surface area contributed by atoms with E-state index in [1.807, 2.05) is 0 Å². The maximum Gasteiger partial charge on any atom is 0.416 e. The number of aliphatic carboxylic acids is 1. The molecule has 0 radical (unpaired) electrons. The third kappa shape index (κ3) is 4.94. The van der Waals surface area contributed by atoms with Crippen LogP contribution in [0.1, 0.15) is 35.7 Å². The number of alkyl halides is 3. The summed E-state index contributed by atoms with van der Waals surface area (Å²) in [4.78, 5) is 34.8. The van der Waals surface area contributed by atoms with Crippen molar-refractivity contribution in [3.05, 3.63) is 39.4 Å². The van der Waals surface area contributed by atoms with Crippen LogP contribution in [-0.4, -0.2) is 52.0 Å². The van der Waals surface area contributed by atoms with Crippen molar-refractivity contribution in [2.45, 2.75) is 38.0 Å². The van der Waals surface area contributed by atoms with Crippen LogP contribution in [0.4, 0.5) is 18.9 Å². The van der Waals surface area contributed by atoms with E-state index in [0.29, 0.717) is 31.5 Å². The van der Waals surface area contributed by atoms with Crippen molar-refractivity contribution in [2.75, 3.05) is 13.1 Å². The summed E-state index contributed by atoms with van der Waals surface area (Å²) in [5.74, 6) is -1.80. The number of likely N-dealkylation sites (N-methyl/N-ethyl adjacent to an activating group) is 1. The van der Waals surface area contributed by atoms with Gasteiger partial charge in [-0.15, -0.1) is 0 Å². The molecule has 2 N–H and O–H groups in total. The smallest absolute Gasteiger partial charge is 0.416 e. The van der Waals surface area contributed by atoms with Crippen LogP contribution in [0.15, 0.2) is 18.2 Å². The van der Waals surface area contributed by atoms with Crippen molar-refractivity contribution in [3.8, 4) is 0 Å². The number of rotatable bonds is 7. The predicted octanol–water partition coefficient (Wildman–Crippen LogP) is 2.28. The van der Waals surface area contributed by atoms with E-state index in [0.717, 1.165) is 6.07 Å². The van der Waals surface area contributed by atoms with Crippen LogP contribution >= 0.6 is 0 Å². The van der Waals surface area contributed by atoms with Crippen LogP contribution in [0.2, 0.25) is 0 Å². The molecule has 0 heterocycles. The molecule has 1 aromatic rings. The molecule has 1 aromatic carbocycles. The SMILES string of the molecule is CCN(CC(=O)O)C1CC(NC(=O)c2ccc(C(F)(F)F)cc2[N+](=O)[O-])C1. The Morgan fingerprint density at radius 1 is 1.37 bits per heavy atom. The first kappa shape index (κ1) is 20.6. The Hall–Kier alpha value is -2.69. The summed E-state index contributed by atoms with van der Waals surface area (Å²) in [5, 5.41) is 22.5. The van der Waals surface area contributed by atoms with E-state index < -0.39 is 39.8 Å². The highest BCUT2D eigenvalue weighted by atomic mass is 19.4. The van der Waals surface area contributed by atoms with E-state index in [1.54, 1.807) is 11.8 Å². The van der Waals surface area contributed by atoms with Gasteiger partial charge in [0, 0.05) is 18.2 Å². The molecule has 1 amide bonds. The molecule has 1 aliphatic carbocycles. The number of hydrogen-bond acceptors (Lipinski definition) is 5. The van der Waals surface area contributed by atoms with Gasteiger partial charge in [-0.2, -0.15) is 13.2 Å². The third-order valence-corrected chi connectivity index (χ3v) is 4.48. The monoisotopic (exact) mass is 389 g/mol. The number of nitrogens with one attached hydrogen (secondary N) is 1. The number of hydrogen-bond donors (Lipinski definition) is 2. The Bertz CT molecular complexity index is 747. The molecule has 148 valence electrons. The summed E-state index contributed by atoms with van der Waals surface area (Å²) in [6.45, 7) is 2.19. The van der Waals surface area contributed by atoms with Crippen molar-refractivity contribution in [1.29, 1.82) is 0 Å². The maximum atomic E-state index is 12.7. The second kappa shape index (κ2) is 7.91. The quantitative estimate of drug-likeness (QED) is 0.546. The Morgan fingerprint density at radius 3 is 2.48 bits per heavy atom. The van der Waals surface area contributed by atoms with Gasteiger partial charge in [-0.05, 0) is 31.5 Å². The van der Waals surface area contributed by atoms with Crippen LogP contribution in [0.3, 0.4) is 0 Å². The summed E-state index contributed by atoms with van der Waals surface area (Å²) in [6, 6.07) is 1.38. The van der Waals surface area contributed by atoms with E-state index >= 15 is 0 Å². The molecule has 0 spiro atoms. The molecule has 11 heteroatoms. The summed E-state index contributed by atoms with van der Waals surface area (Å²) in [6.07, 6.45) is -3.84. The number of carbonyl (C=O) groups excluding carboxylic acids is 1. The number of nitro groups is 1. The van der Waals surface area contributed by atoms with Crippen molar-refractivity contribution in [1.82, 2.24) is 10.2 Å². The Balaban J connectivity index is 2.05. The van der Waals surface area contributed by atoms with Gasteiger partial charge in [0.2, 0.25) is 0 Å². The van der Waals surface area contributed by atoms with E-state index in [4.69, 9.17) is 5.11 Å². The van der Waals surface area contributed by atoms with Crippen LogP contribution < -0.4 is 5.32 Å². The van der Waals surface area contributed by atoms with Gasteiger partial charge in [0.05, 0.1) is 17.0 Å². The van der Waals surface area contributed by atoms with Crippen molar-refractivity contribution in [2.24, 2.45) is 0 Å². The van der Waals surface area contributed by atoms with Crippen molar-refractivity contribution < 1.29 is 32.8 Å². The third-order valence-electron chi connectivity index (χ3n) is 4.48. The Labute approximate surface area is 152 Å². The lowest BCUT2D eigenvalue weighted by Gasteiger charge is -2.42. The zero-order chi connectivity index (χ0) is 20.4. The molecule has 8 nitrogen and oxygen atoms in total. The maximum absolute atomic E-state index is 12.7. The van der Waals surface area contributed by atoms with Crippen LogP contribution in [-0.2, 0) is 11.0 Å². The summed E-state index contributed by atoms with van der Waals surface area (Å²) in [5.41, 5.74) is -2.57. The summed E-state index contributed by atoms with van der Waals surface area (Å²) < 4.78 is 38.1. The van der Waals surface area contributed by atoms with E-state index in [-0.39, 0.29) is 18.6 Å². The van der Waals surface area contributed by atoms with Crippen LogP contribution in [0.5, 0.6) is 0 Å². The number of halogens is 3. The molecule has 0 saturated heterocycles. The van der Waals surface area contributed by atoms with E-state index in [2.05, 4.69) is 5.32 Å². The zero-order valence-corrected chi connectivity index (χ0v) is 14.3. The summed E-state index contributed by atoms with van der Waals surface area (Å²) in [7, 11) is 0. The first-order valence-corrected chi connectivity index (χ1v) is 8.15. The minimum atomic E-state index is -4.76. The molecule has 2 rings (SSSR count). The van der Waals surface area contributed by atoms with Gasteiger partial charge < -0.3 is 10.4 Å². The van der Waals surface area contributed by atoms with Crippen molar-refractivity contribution >= 4 is 17.6 Å².